The number of aromatic nitrogens is 2. The fraction of sp³-hybridized carbons (Fsp3) is 0.286. The Morgan fingerprint density at radius 3 is 2.65 bits per heavy atom. The van der Waals surface area contributed by atoms with Crippen molar-refractivity contribution in [2.24, 2.45) is 0 Å². The van der Waals surface area contributed by atoms with Gasteiger partial charge < -0.3 is 16.0 Å². The van der Waals surface area contributed by atoms with Gasteiger partial charge in [0.1, 0.15) is 5.82 Å². The highest BCUT2D eigenvalue weighted by atomic mass is 32.2. The molecule has 0 amide bonds. The van der Waals surface area contributed by atoms with Crippen LogP contribution in [-0.2, 0) is 0 Å². The number of rotatable bonds is 5. The number of nitrogen functional groups attached to an aromatic ring is 1. The first-order chi connectivity index (χ1) is 9.62. The molecule has 0 spiro atoms. The van der Waals surface area contributed by atoms with Crippen LogP contribution in [0.3, 0.4) is 0 Å². The summed E-state index contributed by atoms with van der Waals surface area (Å²) in [7, 11) is 1.96. The first kappa shape index (κ1) is 14.6. The first-order valence-electron chi connectivity index (χ1n) is 6.44. The number of anilines is 1. The van der Waals surface area contributed by atoms with Crippen molar-refractivity contribution >= 4 is 17.6 Å². The van der Waals surface area contributed by atoms with Gasteiger partial charge in [-0.15, -0.1) is 0 Å². The van der Waals surface area contributed by atoms with Gasteiger partial charge in [-0.1, -0.05) is 30.8 Å². The van der Waals surface area contributed by atoms with E-state index < -0.39 is 0 Å². The number of benzene rings is 1. The van der Waals surface area contributed by atoms with Gasteiger partial charge in [0.25, 0.3) is 5.56 Å². The molecule has 1 aromatic heterocycles. The molecule has 6 heteroatoms. The van der Waals surface area contributed by atoms with Crippen LogP contribution in [0.15, 0.2) is 45.2 Å². The molecular weight excluding hydrogens is 272 g/mol. The molecule has 0 aliphatic heterocycles. The van der Waals surface area contributed by atoms with Crippen molar-refractivity contribution in [3.05, 3.63) is 46.2 Å². The van der Waals surface area contributed by atoms with E-state index in [1.807, 2.05) is 19.2 Å². The quantitative estimate of drug-likeness (QED) is 0.735. The number of hydrogen-bond acceptors (Lipinski definition) is 5. The van der Waals surface area contributed by atoms with Crippen molar-refractivity contribution in [1.82, 2.24) is 15.3 Å². The molecule has 4 N–H and O–H groups in total. The molecule has 0 aliphatic carbocycles. The second-order valence-electron chi connectivity index (χ2n) is 4.40. The number of nitrogens with one attached hydrogen (secondary N) is 2. The molecule has 2 rings (SSSR count). The third-order valence-corrected chi connectivity index (χ3v) is 3.89. The zero-order valence-corrected chi connectivity index (χ0v) is 12.3. The van der Waals surface area contributed by atoms with E-state index in [4.69, 9.17) is 5.73 Å². The first-order valence-corrected chi connectivity index (χ1v) is 7.26. The zero-order valence-electron chi connectivity index (χ0n) is 11.5. The molecule has 0 saturated heterocycles. The highest BCUT2D eigenvalue weighted by Crippen LogP contribution is 2.26. The van der Waals surface area contributed by atoms with Crippen LogP contribution in [-0.4, -0.2) is 17.0 Å². The van der Waals surface area contributed by atoms with Crippen molar-refractivity contribution < 1.29 is 0 Å². The summed E-state index contributed by atoms with van der Waals surface area (Å²) in [6, 6.07) is 9.83. The van der Waals surface area contributed by atoms with Gasteiger partial charge in [-0.25, -0.2) is 4.98 Å². The smallest absolute Gasteiger partial charge is 0.253 e. The molecule has 2 aromatic rings. The highest BCUT2D eigenvalue weighted by Gasteiger charge is 2.07. The highest BCUT2D eigenvalue weighted by molar-refractivity contribution is 7.99. The lowest BCUT2D eigenvalue weighted by molar-refractivity contribution is 0.576. The predicted molar refractivity (Wildman–Crippen MR) is 81.9 cm³/mol. The molecule has 1 heterocycles. The molecule has 20 heavy (non-hydrogen) atoms. The van der Waals surface area contributed by atoms with E-state index in [-0.39, 0.29) is 11.4 Å². The van der Waals surface area contributed by atoms with E-state index >= 15 is 0 Å². The summed E-state index contributed by atoms with van der Waals surface area (Å²) in [5, 5.41) is 3.77. The van der Waals surface area contributed by atoms with E-state index in [0.717, 1.165) is 11.3 Å². The van der Waals surface area contributed by atoms with Crippen molar-refractivity contribution in [3.8, 4) is 0 Å². The number of hydrogen-bond donors (Lipinski definition) is 3. The van der Waals surface area contributed by atoms with Crippen molar-refractivity contribution in [2.75, 3.05) is 12.8 Å². The fourth-order valence-electron chi connectivity index (χ4n) is 1.99. The Kier molecular flexibility index (Phi) is 4.81. The third-order valence-electron chi connectivity index (χ3n) is 2.99. The fourth-order valence-corrected chi connectivity index (χ4v) is 2.79. The van der Waals surface area contributed by atoms with Gasteiger partial charge in [0.05, 0.1) is 0 Å². The predicted octanol–water partition coefficient (Wildman–Crippen LogP) is 2.17. The van der Waals surface area contributed by atoms with Gasteiger partial charge in [0.15, 0.2) is 5.16 Å². The summed E-state index contributed by atoms with van der Waals surface area (Å²) in [4.78, 5) is 19.1. The monoisotopic (exact) mass is 290 g/mol. The van der Waals surface area contributed by atoms with Crippen LogP contribution in [0.1, 0.15) is 24.9 Å². The second-order valence-corrected chi connectivity index (χ2v) is 5.46. The van der Waals surface area contributed by atoms with Gasteiger partial charge in [-0.3, -0.25) is 4.79 Å². The maximum absolute atomic E-state index is 11.3. The lowest BCUT2D eigenvalue weighted by Gasteiger charge is -2.14. The van der Waals surface area contributed by atoms with E-state index in [0.29, 0.717) is 11.2 Å². The molecule has 1 aromatic carbocycles. The SMILES string of the molecule is CCC(NC)c1ccc(Sc2nc(N)cc(=O)[nH]2)cc1. The Morgan fingerprint density at radius 2 is 2.10 bits per heavy atom. The van der Waals surface area contributed by atoms with Gasteiger partial charge >= 0.3 is 0 Å². The molecule has 0 bridgehead atoms. The van der Waals surface area contributed by atoms with Gasteiger partial charge in [-0.05, 0) is 31.2 Å². The van der Waals surface area contributed by atoms with Crippen LogP contribution in [0.25, 0.3) is 0 Å². The molecule has 0 fully saturated rings. The molecule has 0 aliphatic rings. The molecule has 1 unspecified atom stereocenters. The number of aromatic amines is 1. The second kappa shape index (κ2) is 6.58. The van der Waals surface area contributed by atoms with E-state index in [9.17, 15) is 4.79 Å². The summed E-state index contributed by atoms with van der Waals surface area (Å²) < 4.78 is 0. The van der Waals surface area contributed by atoms with Gasteiger partial charge in [0, 0.05) is 17.0 Å². The zero-order chi connectivity index (χ0) is 14.5. The molecule has 0 saturated carbocycles. The summed E-state index contributed by atoms with van der Waals surface area (Å²) >= 11 is 1.38. The number of nitrogens with two attached hydrogens (primary N) is 1. The van der Waals surface area contributed by atoms with Crippen molar-refractivity contribution in [3.63, 3.8) is 0 Å². The summed E-state index contributed by atoms with van der Waals surface area (Å²) in [5.41, 5.74) is 6.57. The largest absolute Gasteiger partial charge is 0.383 e. The van der Waals surface area contributed by atoms with E-state index in [1.165, 1.54) is 23.4 Å². The van der Waals surface area contributed by atoms with Crippen molar-refractivity contribution in [2.45, 2.75) is 29.4 Å². The number of nitrogens with zero attached hydrogens (tertiary/aromatic N) is 1. The number of H-pyrrole nitrogens is 1. The standard InChI is InChI=1S/C14H18N4OS/c1-3-11(16-2)9-4-6-10(7-5-9)20-14-17-12(15)8-13(19)18-14/h4-8,11,16H,3H2,1-2H3,(H3,15,17,18,19). The lowest BCUT2D eigenvalue weighted by Crippen LogP contribution is -2.14. The Bertz CT molecular complexity index is 620. The molecule has 106 valence electrons. The molecule has 5 nitrogen and oxygen atoms in total. The topological polar surface area (TPSA) is 83.8 Å². The van der Waals surface area contributed by atoms with Crippen LogP contribution in [0.2, 0.25) is 0 Å². The average molecular weight is 290 g/mol. The summed E-state index contributed by atoms with van der Waals surface area (Å²) in [5.74, 6) is 0.231. The lowest BCUT2D eigenvalue weighted by atomic mass is 10.1. The minimum absolute atomic E-state index is 0.231. The van der Waals surface area contributed by atoms with E-state index in [1.54, 1.807) is 0 Å². The van der Waals surface area contributed by atoms with E-state index in [2.05, 4.69) is 34.3 Å². The Morgan fingerprint density at radius 1 is 1.40 bits per heavy atom. The van der Waals surface area contributed by atoms with Crippen molar-refractivity contribution in [1.29, 1.82) is 0 Å². The third kappa shape index (κ3) is 3.61. The minimum atomic E-state index is -0.238. The maximum atomic E-state index is 11.3. The average Bonchev–Trinajstić information content (AvgIpc) is 2.41. The minimum Gasteiger partial charge on any atom is -0.383 e. The van der Waals surface area contributed by atoms with Crippen LogP contribution in [0, 0.1) is 0 Å². The maximum Gasteiger partial charge on any atom is 0.253 e. The Balaban J connectivity index is 2.16. The van der Waals surface area contributed by atoms with Crippen LogP contribution < -0.4 is 16.6 Å². The molecule has 0 radical (unpaired) electrons. The summed E-state index contributed by atoms with van der Waals surface area (Å²) in [6.07, 6.45) is 1.03. The van der Waals surface area contributed by atoms with Gasteiger partial charge in [0.2, 0.25) is 0 Å². The van der Waals surface area contributed by atoms with Crippen LogP contribution in [0.4, 0.5) is 5.82 Å². The summed E-state index contributed by atoms with van der Waals surface area (Å²) in [6.45, 7) is 2.14. The van der Waals surface area contributed by atoms with Gasteiger partial charge in [-0.2, -0.15) is 0 Å². The Labute approximate surface area is 122 Å². The Hall–Kier alpha value is -1.79. The normalized spacial score (nSPS) is 12.3. The van der Waals surface area contributed by atoms with Crippen LogP contribution >= 0.6 is 11.8 Å². The molecular formula is C14H18N4OS. The molecule has 1 atom stereocenters. The van der Waals surface area contributed by atoms with Crippen LogP contribution in [0.5, 0.6) is 0 Å².